The second-order valence-electron chi connectivity index (χ2n) is 8.06. The first-order chi connectivity index (χ1) is 16.0. The molecule has 0 radical (unpaired) electrons. The third kappa shape index (κ3) is 5.77. The van der Waals surface area contributed by atoms with Gasteiger partial charge < -0.3 is 9.88 Å². The van der Waals surface area contributed by atoms with E-state index in [1.54, 1.807) is 24.3 Å². The maximum Gasteiger partial charge on any atom is 0.330 e. The van der Waals surface area contributed by atoms with Gasteiger partial charge in [0, 0.05) is 31.6 Å². The number of benzene rings is 1. The van der Waals surface area contributed by atoms with Crippen LogP contribution < -0.4 is 16.6 Å². The number of aromatic amines is 1. The number of carbonyl (C=O) groups is 1. The molecule has 1 amide bonds. The minimum Gasteiger partial charge on any atom is -0.326 e. The Hall–Kier alpha value is -3.67. The molecule has 0 spiro atoms. The number of rotatable bonds is 11. The molecule has 174 valence electrons. The summed E-state index contributed by atoms with van der Waals surface area (Å²) in [5.41, 5.74) is 0.886. The highest BCUT2D eigenvalue weighted by Crippen LogP contribution is 2.16. The van der Waals surface area contributed by atoms with Crippen molar-refractivity contribution in [1.82, 2.24) is 19.1 Å². The lowest BCUT2D eigenvalue weighted by atomic mass is 10.2. The fraction of sp³-hybridized carbons (Fsp3) is 0.458. The highest BCUT2D eigenvalue weighted by atomic mass is 16.2. The first-order valence-corrected chi connectivity index (χ1v) is 11.5. The van der Waals surface area contributed by atoms with Crippen LogP contribution in [-0.4, -0.2) is 25.0 Å². The van der Waals surface area contributed by atoms with Crippen LogP contribution in [0.1, 0.15) is 63.8 Å². The van der Waals surface area contributed by atoms with Crippen molar-refractivity contribution in [2.75, 3.05) is 5.32 Å². The van der Waals surface area contributed by atoms with Crippen molar-refractivity contribution >= 4 is 22.8 Å². The first-order valence-electron chi connectivity index (χ1n) is 11.5. The Kier molecular flexibility index (Phi) is 8.19. The number of hydrogen-bond acceptors (Lipinski definition) is 5. The van der Waals surface area contributed by atoms with Crippen molar-refractivity contribution in [2.45, 2.75) is 71.9 Å². The number of nitrogens with one attached hydrogen (secondary N) is 2. The van der Waals surface area contributed by atoms with Gasteiger partial charge in [0.25, 0.3) is 5.56 Å². The van der Waals surface area contributed by atoms with Gasteiger partial charge in [0.15, 0.2) is 11.2 Å². The lowest BCUT2D eigenvalue weighted by molar-refractivity contribution is -0.116. The molecule has 0 saturated heterocycles. The number of unbranched alkanes of at least 4 members (excludes halogenated alkanes) is 3. The summed E-state index contributed by atoms with van der Waals surface area (Å²) >= 11 is 0. The Balaban J connectivity index is 1.89. The van der Waals surface area contributed by atoms with Gasteiger partial charge in [-0.05, 0) is 31.0 Å². The van der Waals surface area contributed by atoms with Gasteiger partial charge >= 0.3 is 5.69 Å². The fourth-order valence-corrected chi connectivity index (χ4v) is 3.81. The molecule has 33 heavy (non-hydrogen) atoms. The van der Waals surface area contributed by atoms with E-state index in [1.165, 1.54) is 4.57 Å². The van der Waals surface area contributed by atoms with E-state index < -0.39 is 11.2 Å². The van der Waals surface area contributed by atoms with E-state index >= 15 is 0 Å². The van der Waals surface area contributed by atoms with Gasteiger partial charge in [-0.2, -0.15) is 5.26 Å². The molecule has 9 nitrogen and oxygen atoms in total. The monoisotopic (exact) mass is 450 g/mol. The van der Waals surface area contributed by atoms with Crippen LogP contribution in [0.3, 0.4) is 0 Å². The molecule has 9 heteroatoms. The van der Waals surface area contributed by atoms with Crippen LogP contribution in [0.4, 0.5) is 5.69 Å². The quantitative estimate of drug-likeness (QED) is 0.434. The van der Waals surface area contributed by atoms with Crippen molar-refractivity contribution in [2.24, 2.45) is 0 Å². The third-order valence-corrected chi connectivity index (χ3v) is 5.54. The molecule has 3 rings (SSSR count). The van der Waals surface area contributed by atoms with Crippen molar-refractivity contribution < 1.29 is 4.79 Å². The van der Waals surface area contributed by atoms with Crippen molar-refractivity contribution in [1.29, 1.82) is 5.26 Å². The van der Waals surface area contributed by atoms with Crippen LogP contribution in [0.25, 0.3) is 11.2 Å². The maximum atomic E-state index is 12.7. The molecule has 3 aromatic rings. The summed E-state index contributed by atoms with van der Waals surface area (Å²) in [6, 6.07) is 8.77. The molecule has 2 aromatic heterocycles. The number of imidazole rings is 1. The highest BCUT2D eigenvalue weighted by molar-refractivity contribution is 5.91. The van der Waals surface area contributed by atoms with E-state index in [2.05, 4.69) is 22.2 Å². The van der Waals surface area contributed by atoms with E-state index in [0.717, 1.165) is 32.1 Å². The Morgan fingerprint density at radius 1 is 1.12 bits per heavy atom. The molecule has 0 aliphatic rings. The molecular weight excluding hydrogens is 420 g/mol. The van der Waals surface area contributed by atoms with E-state index in [4.69, 9.17) is 5.26 Å². The zero-order valence-electron chi connectivity index (χ0n) is 19.2. The molecule has 1 aromatic carbocycles. The van der Waals surface area contributed by atoms with Crippen LogP contribution in [0.5, 0.6) is 0 Å². The molecule has 0 bridgehead atoms. The lowest BCUT2D eigenvalue weighted by Gasteiger charge is -2.09. The number of fused-ring (bicyclic) bond motifs is 1. The zero-order valence-corrected chi connectivity index (χ0v) is 19.2. The SMILES string of the molecule is CCCCCn1c(CCC(=O)Nc2cccc(C#N)c2)nc2c1c(=O)[nH]c(=O)n2CCCC. The van der Waals surface area contributed by atoms with Crippen LogP contribution in [-0.2, 0) is 24.3 Å². The zero-order chi connectivity index (χ0) is 23.8. The maximum absolute atomic E-state index is 12.7. The predicted molar refractivity (Wildman–Crippen MR) is 127 cm³/mol. The molecule has 0 fully saturated rings. The topological polar surface area (TPSA) is 126 Å². The summed E-state index contributed by atoms with van der Waals surface area (Å²) < 4.78 is 3.38. The summed E-state index contributed by atoms with van der Waals surface area (Å²) in [5.74, 6) is 0.401. The number of carbonyl (C=O) groups excluding carboxylic acids is 1. The van der Waals surface area contributed by atoms with Gasteiger partial charge in [-0.15, -0.1) is 0 Å². The van der Waals surface area contributed by atoms with Crippen molar-refractivity contribution in [3.63, 3.8) is 0 Å². The average Bonchev–Trinajstić information content (AvgIpc) is 3.16. The second kappa shape index (κ2) is 11.3. The molecule has 0 atom stereocenters. The van der Waals surface area contributed by atoms with Crippen molar-refractivity contribution in [3.05, 3.63) is 56.5 Å². The van der Waals surface area contributed by atoms with E-state index in [9.17, 15) is 14.4 Å². The number of nitriles is 1. The number of amides is 1. The van der Waals surface area contributed by atoms with Gasteiger partial charge in [-0.3, -0.25) is 19.1 Å². The highest BCUT2D eigenvalue weighted by Gasteiger charge is 2.19. The van der Waals surface area contributed by atoms with E-state index in [0.29, 0.717) is 47.7 Å². The Bertz CT molecular complexity index is 1280. The minimum atomic E-state index is -0.458. The molecule has 0 saturated carbocycles. The molecular formula is C24H30N6O3. The van der Waals surface area contributed by atoms with Crippen LogP contribution in [0.2, 0.25) is 0 Å². The average molecular weight is 451 g/mol. The van der Waals surface area contributed by atoms with E-state index in [1.807, 2.05) is 17.6 Å². The summed E-state index contributed by atoms with van der Waals surface area (Å²) in [6.07, 6.45) is 5.09. The Morgan fingerprint density at radius 3 is 2.61 bits per heavy atom. The van der Waals surface area contributed by atoms with E-state index in [-0.39, 0.29) is 12.3 Å². The third-order valence-electron chi connectivity index (χ3n) is 5.54. The number of hydrogen-bond donors (Lipinski definition) is 2. The van der Waals surface area contributed by atoms with Crippen LogP contribution in [0.15, 0.2) is 33.9 Å². The largest absolute Gasteiger partial charge is 0.330 e. The Labute approximate surface area is 192 Å². The summed E-state index contributed by atoms with van der Waals surface area (Å²) in [7, 11) is 0. The van der Waals surface area contributed by atoms with Crippen LogP contribution in [0, 0.1) is 11.3 Å². The van der Waals surface area contributed by atoms with Crippen molar-refractivity contribution in [3.8, 4) is 6.07 Å². The summed E-state index contributed by atoms with van der Waals surface area (Å²) in [5, 5.41) is 11.8. The lowest BCUT2D eigenvalue weighted by Crippen LogP contribution is -2.31. The second-order valence-corrected chi connectivity index (χ2v) is 8.06. The standard InChI is InChI=1S/C24H30N6O3/c1-3-5-7-14-29-19(11-12-20(31)26-18-10-8-9-17(15-18)16-25)27-22-21(29)23(32)28-24(33)30(22)13-6-4-2/h8-10,15H,3-7,11-14H2,1-2H3,(H,26,31)(H,28,32,33). The minimum absolute atomic E-state index is 0.158. The fourth-order valence-electron chi connectivity index (χ4n) is 3.81. The van der Waals surface area contributed by atoms with Gasteiger partial charge in [0.05, 0.1) is 11.6 Å². The number of nitrogens with zero attached hydrogens (tertiary/aromatic N) is 4. The van der Waals surface area contributed by atoms with Gasteiger partial charge in [0.1, 0.15) is 5.82 Å². The first kappa shape index (κ1) is 24.0. The molecule has 0 aliphatic heterocycles. The van der Waals surface area contributed by atoms with Crippen LogP contribution >= 0.6 is 0 Å². The van der Waals surface area contributed by atoms with Gasteiger partial charge in [-0.25, -0.2) is 9.78 Å². The summed E-state index contributed by atoms with van der Waals surface area (Å²) in [6.45, 7) is 5.21. The van der Waals surface area contributed by atoms with Gasteiger partial charge in [0.2, 0.25) is 5.91 Å². The normalized spacial score (nSPS) is 10.9. The number of anilines is 1. The van der Waals surface area contributed by atoms with Gasteiger partial charge in [-0.1, -0.05) is 39.2 Å². The molecule has 0 aliphatic carbocycles. The summed E-state index contributed by atoms with van der Waals surface area (Å²) in [4.78, 5) is 44.8. The number of aryl methyl sites for hydroxylation is 3. The molecule has 2 heterocycles. The molecule has 2 N–H and O–H groups in total. The number of aromatic nitrogens is 4. The smallest absolute Gasteiger partial charge is 0.326 e. The Morgan fingerprint density at radius 2 is 1.88 bits per heavy atom. The molecule has 0 unspecified atom stereocenters. The number of H-pyrrole nitrogens is 1. The predicted octanol–water partition coefficient (Wildman–Crippen LogP) is 3.32.